The Balaban J connectivity index is -0.0000000128. The van der Waals surface area contributed by atoms with Crippen molar-refractivity contribution in [1.82, 2.24) is 6.15 Å². The predicted octanol–water partition coefficient (Wildman–Crippen LogP) is -6.91. The van der Waals surface area contributed by atoms with Gasteiger partial charge in [0, 0.05) is 0 Å². The smallest absolute Gasteiger partial charge is 1.00 e. The second kappa shape index (κ2) is 11.8. The van der Waals surface area contributed by atoms with E-state index >= 15 is 0 Å². The molecule has 0 aliphatic rings. The van der Waals surface area contributed by atoms with Crippen molar-refractivity contribution in [2.24, 2.45) is 0 Å². The molecule has 0 aromatic rings. The first kappa shape index (κ1) is 29.3. The molecule has 0 aromatic heterocycles. The summed E-state index contributed by atoms with van der Waals surface area (Å²) >= 11 is 0. The van der Waals surface area contributed by atoms with Gasteiger partial charge in [0.05, 0.1) is 0 Å². The third-order valence-electron chi connectivity index (χ3n) is 0. The van der Waals surface area contributed by atoms with Crippen molar-refractivity contribution < 1.29 is 97.0 Å². The Morgan fingerprint density at radius 3 is 0.692 bits per heavy atom. The van der Waals surface area contributed by atoms with E-state index in [-0.39, 0.29) is 68.1 Å². The molecule has 0 aliphatic heterocycles. The largest absolute Gasteiger partial charge is 1.00 e. The van der Waals surface area contributed by atoms with Gasteiger partial charge in [-0.25, -0.2) is 0 Å². The molecule has 0 fully saturated rings. The van der Waals surface area contributed by atoms with E-state index in [0.29, 0.717) is 0 Å². The van der Waals surface area contributed by atoms with Gasteiger partial charge >= 0.3 is 79.9 Å². The molecule has 0 rings (SSSR count). The Morgan fingerprint density at radius 1 is 0.692 bits per heavy atom. The minimum absolute atomic E-state index is 0. The monoisotopic (exact) mass is 261 g/mol. The quantitative estimate of drug-likeness (QED) is 0.209. The van der Waals surface area contributed by atoms with Gasteiger partial charge in [0.2, 0.25) is 0 Å². The molecular weight excluding hydrogens is 252 g/mol. The van der Waals surface area contributed by atoms with E-state index in [4.69, 9.17) is 35.0 Å². The van der Waals surface area contributed by atoms with Crippen LogP contribution in [0.4, 0.5) is 0 Å². The van der Waals surface area contributed by atoms with E-state index in [1.54, 1.807) is 0 Å². The standard InChI is InChI=1S/H3N.2Na.2H2O4S.2H/c;;;2*1-5(2,3)4;;/h1H3;;;2*(H2,1,2,3,4);;/q;2*+1;;;2*-1. The molecule has 0 spiro atoms. The molecule has 0 atom stereocenters. The van der Waals surface area contributed by atoms with E-state index in [2.05, 4.69) is 0 Å². The van der Waals surface area contributed by atoms with E-state index in [1.807, 2.05) is 0 Å². The second-order valence-electron chi connectivity index (χ2n) is 0.896. The molecule has 7 N–H and O–H groups in total. The summed E-state index contributed by atoms with van der Waals surface area (Å²) in [6.45, 7) is 0. The Bertz CT molecular complexity index is 225. The summed E-state index contributed by atoms with van der Waals surface area (Å²) in [5, 5.41) is 0. The molecule has 0 bridgehead atoms. The molecule has 0 aliphatic carbocycles. The van der Waals surface area contributed by atoms with Crippen molar-refractivity contribution in [1.29, 1.82) is 0 Å². The zero-order chi connectivity index (χ0) is 9.00. The first-order valence-electron chi connectivity index (χ1n) is 1.40. The van der Waals surface area contributed by atoms with Crippen LogP contribution in [-0.2, 0) is 20.8 Å². The summed E-state index contributed by atoms with van der Waals surface area (Å²) in [6.07, 6.45) is 0. The molecule has 13 heteroatoms. The fourth-order valence-electron chi connectivity index (χ4n) is 0. The second-order valence-corrected chi connectivity index (χ2v) is 2.69. The summed E-state index contributed by atoms with van der Waals surface area (Å²) in [5.74, 6) is 0. The van der Waals surface area contributed by atoms with Gasteiger partial charge in [-0.2, -0.15) is 16.8 Å². The zero-order valence-corrected chi connectivity index (χ0v) is 12.6. The molecule has 9 nitrogen and oxygen atoms in total. The van der Waals surface area contributed by atoms with Crippen LogP contribution in [0.25, 0.3) is 0 Å². The summed E-state index contributed by atoms with van der Waals surface area (Å²) < 4.78 is 63.2. The van der Waals surface area contributed by atoms with Crippen LogP contribution in [0.5, 0.6) is 0 Å². The third-order valence-corrected chi connectivity index (χ3v) is 0. The van der Waals surface area contributed by atoms with Gasteiger partial charge in [-0.1, -0.05) is 0 Å². The molecule has 76 valence electrons. The van der Waals surface area contributed by atoms with E-state index < -0.39 is 20.8 Å². The molecule has 0 saturated heterocycles. The average molecular weight is 261 g/mol. The summed E-state index contributed by atoms with van der Waals surface area (Å²) in [7, 11) is -9.33. The van der Waals surface area contributed by atoms with E-state index in [0.717, 1.165) is 0 Å². The minimum atomic E-state index is -4.67. The molecule has 0 unspecified atom stereocenters. The molecule has 0 saturated carbocycles. The van der Waals surface area contributed by atoms with Crippen molar-refractivity contribution >= 4 is 20.8 Å². The first-order chi connectivity index (χ1) is 4.00. The van der Waals surface area contributed by atoms with Gasteiger partial charge in [0.25, 0.3) is 0 Å². The molecule has 0 aromatic carbocycles. The summed E-state index contributed by atoms with van der Waals surface area (Å²) in [6, 6.07) is 0. The Hall–Kier alpha value is 1.70. The van der Waals surface area contributed by atoms with Crippen LogP contribution in [0.3, 0.4) is 0 Å². The van der Waals surface area contributed by atoms with Crippen molar-refractivity contribution in [3.05, 3.63) is 0 Å². The third kappa shape index (κ3) is 649. The minimum Gasteiger partial charge on any atom is -1.00 e. The van der Waals surface area contributed by atoms with Gasteiger partial charge in [-0.15, -0.1) is 0 Å². The normalized spacial score (nSPS) is 8.92. The first-order valence-corrected chi connectivity index (χ1v) is 4.19. The van der Waals surface area contributed by atoms with Gasteiger partial charge in [-0.3, -0.25) is 18.2 Å². The maximum Gasteiger partial charge on any atom is 1.00 e. The van der Waals surface area contributed by atoms with Gasteiger partial charge in [0.15, 0.2) is 0 Å². The van der Waals surface area contributed by atoms with Crippen molar-refractivity contribution in [2.45, 2.75) is 0 Å². The number of hydrogen-bond acceptors (Lipinski definition) is 5. The van der Waals surface area contributed by atoms with Crippen LogP contribution in [0.1, 0.15) is 2.85 Å². The number of rotatable bonds is 0. The maximum absolute atomic E-state index is 8.74. The van der Waals surface area contributed by atoms with Crippen molar-refractivity contribution in [2.75, 3.05) is 0 Å². The van der Waals surface area contributed by atoms with E-state index in [9.17, 15) is 0 Å². The van der Waals surface area contributed by atoms with Gasteiger partial charge < -0.3 is 9.00 Å². The predicted molar refractivity (Wildman–Crippen MR) is 35.6 cm³/mol. The SMILES string of the molecule is N.O=S(=O)(O)O.O=S(=O)(O)O.[H-].[H-].[Na+].[Na+]. The molecular formula is H9NNa2O8S2. The van der Waals surface area contributed by atoms with Crippen molar-refractivity contribution in [3.63, 3.8) is 0 Å². The average Bonchev–Trinajstić information content (AvgIpc) is 1.12. The fourth-order valence-corrected chi connectivity index (χ4v) is 0. The number of hydrogen-bond donors (Lipinski definition) is 5. The van der Waals surface area contributed by atoms with E-state index in [1.165, 1.54) is 0 Å². The van der Waals surface area contributed by atoms with Gasteiger partial charge in [-0.05, 0) is 0 Å². The Kier molecular flexibility index (Phi) is 26.6. The molecule has 0 radical (unpaired) electrons. The van der Waals surface area contributed by atoms with Crippen LogP contribution < -0.4 is 65.3 Å². The van der Waals surface area contributed by atoms with Crippen molar-refractivity contribution in [3.8, 4) is 0 Å². The van der Waals surface area contributed by atoms with Crippen LogP contribution in [0.2, 0.25) is 0 Å². The zero-order valence-electron chi connectivity index (χ0n) is 8.95. The van der Waals surface area contributed by atoms with Crippen LogP contribution in [0.15, 0.2) is 0 Å². The maximum atomic E-state index is 8.74. The molecule has 0 heterocycles. The van der Waals surface area contributed by atoms with Crippen LogP contribution in [-0.4, -0.2) is 35.0 Å². The Morgan fingerprint density at radius 2 is 0.692 bits per heavy atom. The molecule has 13 heavy (non-hydrogen) atoms. The van der Waals surface area contributed by atoms with Crippen LogP contribution >= 0.6 is 0 Å². The fraction of sp³-hybridized carbons (Fsp3) is 0. The van der Waals surface area contributed by atoms with Gasteiger partial charge in [0.1, 0.15) is 0 Å². The summed E-state index contributed by atoms with van der Waals surface area (Å²) in [4.78, 5) is 0. The Labute approximate surface area is 123 Å². The summed E-state index contributed by atoms with van der Waals surface area (Å²) in [5.41, 5.74) is 0. The topological polar surface area (TPSA) is 184 Å². The van der Waals surface area contributed by atoms with Crippen LogP contribution in [0, 0.1) is 0 Å². The molecule has 0 amide bonds.